The van der Waals surface area contributed by atoms with Crippen LogP contribution in [0.15, 0.2) is 68.8 Å². The number of benzene rings is 2. The van der Waals surface area contributed by atoms with E-state index in [0.717, 1.165) is 11.1 Å². The number of halogens is 3. The number of hydrogen-bond donors (Lipinski definition) is 8. The molecule has 18 nitrogen and oxygen atoms in total. The van der Waals surface area contributed by atoms with Crippen molar-refractivity contribution in [2.24, 2.45) is 22.4 Å². The highest BCUT2D eigenvalue weighted by Crippen LogP contribution is 2.20. The Bertz CT molecular complexity index is 1950. The number of carbonyl (C=O) groups excluding carboxylic acids is 5. The number of nitrogens with two attached hydrogens (primary N) is 2. The van der Waals surface area contributed by atoms with E-state index in [1.807, 2.05) is 32.0 Å². The van der Waals surface area contributed by atoms with Gasteiger partial charge >= 0.3 is 23.9 Å². The summed E-state index contributed by atoms with van der Waals surface area (Å²) in [6, 6.07) is 13.1. The van der Waals surface area contributed by atoms with Gasteiger partial charge < -0.3 is 52.3 Å². The van der Waals surface area contributed by atoms with Crippen molar-refractivity contribution in [2.45, 2.75) is 64.9 Å². The highest BCUT2D eigenvalue weighted by molar-refractivity contribution is 5.97. The van der Waals surface area contributed by atoms with Gasteiger partial charge in [-0.25, -0.2) is 14.4 Å². The van der Waals surface area contributed by atoms with E-state index in [1.165, 1.54) is 12.1 Å². The smallest absolute Gasteiger partial charge is 0.475 e. The lowest BCUT2D eigenvalue weighted by Crippen LogP contribution is -2.55. The van der Waals surface area contributed by atoms with E-state index in [1.54, 1.807) is 31.2 Å². The standard InChI is InChI=1S/C34H44N8O8.C2HF3O2/c1-20(2)14-26(42-34(48)49-19-22-8-5-4-6-9-22)32(47)41-25(10-7-13-37-33(35)36)31(46)39-17-28(43)38-18-29(44)40-23-11-12-24-21(3)15-30(45)50-27(24)16-23;3-2(4,5)1(6)7/h4-6,8-9,11-12,15-16,20,25-26H,7,10,13-14,17-19H2,1-3H3,(H,38,43)(H,39,46)(H,40,44)(H,41,47)(H,42,48)(H4,35,36,37);(H,6,7)/t25-,26-;/m0./s1. The van der Waals surface area contributed by atoms with Crippen molar-refractivity contribution in [3.05, 3.63) is 76.1 Å². The van der Waals surface area contributed by atoms with E-state index in [-0.39, 0.29) is 37.9 Å². The molecule has 0 aliphatic heterocycles. The van der Waals surface area contributed by atoms with E-state index in [9.17, 15) is 41.9 Å². The number of aliphatic imine (C=N–C) groups is 1. The number of nitrogens with zero attached hydrogens (tertiary/aromatic N) is 1. The molecule has 0 spiro atoms. The van der Waals surface area contributed by atoms with Crippen LogP contribution in [0.25, 0.3) is 11.0 Å². The fourth-order valence-electron chi connectivity index (χ4n) is 4.79. The van der Waals surface area contributed by atoms with Crippen molar-refractivity contribution in [3.63, 3.8) is 0 Å². The van der Waals surface area contributed by atoms with Gasteiger partial charge in [-0.3, -0.25) is 24.2 Å². The number of hydrogen-bond acceptors (Lipinski definition) is 10. The van der Waals surface area contributed by atoms with E-state index >= 15 is 0 Å². The van der Waals surface area contributed by atoms with Crippen LogP contribution in [-0.2, 0) is 35.3 Å². The second-order valence-electron chi connectivity index (χ2n) is 12.7. The first-order chi connectivity index (χ1) is 26.7. The van der Waals surface area contributed by atoms with E-state index in [0.29, 0.717) is 23.1 Å². The van der Waals surface area contributed by atoms with Gasteiger partial charge in [0.05, 0.1) is 13.1 Å². The number of guanidine groups is 1. The molecule has 2 atom stereocenters. The summed E-state index contributed by atoms with van der Waals surface area (Å²) >= 11 is 0. The first-order valence-electron chi connectivity index (χ1n) is 17.3. The minimum atomic E-state index is -5.08. The van der Waals surface area contributed by atoms with Crippen LogP contribution in [0.3, 0.4) is 0 Å². The van der Waals surface area contributed by atoms with Gasteiger partial charge in [0.1, 0.15) is 24.3 Å². The predicted molar refractivity (Wildman–Crippen MR) is 200 cm³/mol. The minimum Gasteiger partial charge on any atom is -0.475 e. The molecule has 5 amide bonds. The van der Waals surface area contributed by atoms with Gasteiger partial charge in [-0.05, 0) is 55.4 Å². The normalized spacial score (nSPS) is 11.8. The molecule has 3 rings (SSSR count). The molecule has 0 bridgehead atoms. The number of ether oxygens (including phenoxy) is 1. The number of nitrogens with one attached hydrogen (secondary N) is 5. The molecule has 3 aromatic rings. The molecular weight excluding hydrogens is 761 g/mol. The summed E-state index contributed by atoms with van der Waals surface area (Å²) in [6.45, 7) is 4.79. The summed E-state index contributed by atoms with van der Waals surface area (Å²) < 4.78 is 42.2. The van der Waals surface area contributed by atoms with Gasteiger partial charge in [-0.1, -0.05) is 44.2 Å². The third-order valence-electron chi connectivity index (χ3n) is 7.45. The molecule has 0 fully saturated rings. The Hall–Kier alpha value is -6.67. The van der Waals surface area contributed by atoms with Crippen LogP contribution < -0.4 is 43.7 Å². The van der Waals surface area contributed by atoms with Crippen LogP contribution in [-0.4, -0.2) is 84.7 Å². The van der Waals surface area contributed by atoms with Crippen LogP contribution in [0.5, 0.6) is 0 Å². The topological polar surface area (TPSA) is 287 Å². The van der Waals surface area contributed by atoms with Crippen LogP contribution in [0.1, 0.15) is 44.2 Å². The minimum absolute atomic E-state index is 0.00124. The fourth-order valence-corrected chi connectivity index (χ4v) is 4.79. The van der Waals surface area contributed by atoms with Crippen molar-refractivity contribution >= 4 is 58.3 Å². The second-order valence-corrected chi connectivity index (χ2v) is 12.7. The number of carboxylic acids is 1. The summed E-state index contributed by atoms with van der Waals surface area (Å²) in [5, 5.41) is 20.5. The zero-order chi connectivity index (χ0) is 42.7. The number of fused-ring (bicyclic) bond motifs is 1. The van der Waals surface area contributed by atoms with Crippen LogP contribution in [0.2, 0.25) is 0 Å². The Morgan fingerprint density at radius 3 is 2.16 bits per heavy atom. The molecule has 0 aliphatic carbocycles. The molecule has 2 aromatic carbocycles. The number of carboxylic acid groups (broad SMARTS) is 1. The number of carbonyl (C=O) groups is 6. The van der Waals surface area contributed by atoms with Crippen molar-refractivity contribution in [3.8, 4) is 0 Å². The number of aliphatic carboxylic acids is 1. The molecule has 1 aromatic heterocycles. The molecule has 0 radical (unpaired) electrons. The lowest BCUT2D eigenvalue weighted by molar-refractivity contribution is -0.192. The Morgan fingerprint density at radius 2 is 1.54 bits per heavy atom. The zero-order valence-corrected chi connectivity index (χ0v) is 31.2. The molecule has 0 saturated heterocycles. The quantitative estimate of drug-likeness (QED) is 0.0420. The Labute approximate surface area is 324 Å². The lowest BCUT2D eigenvalue weighted by Gasteiger charge is -2.24. The third-order valence-corrected chi connectivity index (χ3v) is 7.45. The van der Waals surface area contributed by atoms with E-state index in [4.69, 9.17) is 30.5 Å². The van der Waals surface area contributed by atoms with Gasteiger partial charge in [0, 0.05) is 29.8 Å². The van der Waals surface area contributed by atoms with Gasteiger partial charge in [0.25, 0.3) is 0 Å². The Morgan fingerprint density at radius 1 is 0.895 bits per heavy atom. The Balaban J connectivity index is 0.00000146. The fraction of sp³-hybridized carbons (Fsp3) is 0.389. The van der Waals surface area contributed by atoms with Crippen LogP contribution in [0, 0.1) is 12.8 Å². The predicted octanol–water partition coefficient (Wildman–Crippen LogP) is 1.79. The van der Waals surface area contributed by atoms with Crippen molar-refractivity contribution < 1.29 is 56.2 Å². The van der Waals surface area contributed by atoms with Gasteiger partial charge in [-0.2, -0.15) is 13.2 Å². The number of anilines is 1. The maximum atomic E-state index is 13.3. The van der Waals surface area contributed by atoms with Gasteiger partial charge in [-0.15, -0.1) is 0 Å². The SMILES string of the molecule is Cc1cc(=O)oc2cc(NC(=O)CNC(=O)CNC(=O)[C@H](CCCN=C(N)N)NC(=O)[C@H](CC(C)C)NC(=O)OCc3ccccc3)ccc12.O=C(O)C(F)(F)F. The Kier molecular flexibility index (Phi) is 18.5. The maximum absolute atomic E-state index is 13.3. The summed E-state index contributed by atoms with van der Waals surface area (Å²) in [5.41, 5.74) is 12.4. The molecule has 0 saturated carbocycles. The second kappa shape index (κ2) is 22.6. The molecule has 57 heavy (non-hydrogen) atoms. The molecule has 0 aliphatic rings. The van der Waals surface area contributed by atoms with E-state index in [2.05, 4.69) is 31.6 Å². The number of alkyl carbamates (subject to hydrolysis) is 1. The van der Waals surface area contributed by atoms with Gasteiger partial charge in [0.15, 0.2) is 5.96 Å². The number of alkyl halides is 3. The summed E-state index contributed by atoms with van der Waals surface area (Å²) in [4.78, 5) is 88.5. The van der Waals surface area contributed by atoms with Gasteiger partial charge in [0.2, 0.25) is 23.6 Å². The average molecular weight is 807 g/mol. The maximum Gasteiger partial charge on any atom is 0.490 e. The van der Waals surface area contributed by atoms with Crippen molar-refractivity contribution in [1.29, 1.82) is 0 Å². The zero-order valence-electron chi connectivity index (χ0n) is 31.2. The third kappa shape index (κ3) is 18.0. The number of rotatable bonds is 17. The first-order valence-corrected chi connectivity index (χ1v) is 17.3. The highest BCUT2D eigenvalue weighted by atomic mass is 19.4. The summed E-state index contributed by atoms with van der Waals surface area (Å²) in [7, 11) is 0. The first kappa shape index (κ1) is 46.5. The lowest BCUT2D eigenvalue weighted by atomic mass is 10.0. The van der Waals surface area contributed by atoms with Crippen LogP contribution >= 0.6 is 0 Å². The molecule has 0 unspecified atom stereocenters. The van der Waals surface area contributed by atoms with Crippen molar-refractivity contribution in [2.75, 3.05) is 25.0 Å². The largest absolute Gasteiger partial charge is 0.490 e. The molecule has 310 valence electrons. The summed E-state index contributed by atoms with van der Waals surface area (Å²) in [5.74, 6) is -5.41. The molecule has 21 heteroatoms. The molecular formula is C36H45F3N8O10. The number of aryl methyl sites for hydroxylation is 1. The molecule has 10 N–H and O–H groups in total. The highest BCUT2D eigenvalue weighted by Gasteiger charge is 2.38. The molecule has 1 heterocycles. The average Bonchev–Trinajstić information content (AvgIpc) is 3.12. The van der Waals surface area contributed by atoms with Crippen LogP contribution in [0.4, 0.5) is 23.7 Å². The summed E-state index contributed by atoms with van der Waals surface area (Å²) in [6.07, 6.45) is -5.21. The number of amides is 5. The van der Waals surface area contributed by atoms with Crippen molar-refractivity contribution in [1.82, 2.24) is 21.3 Å². The monoisotopic (exact) mass is 806 g/mol. The van der Waals surface area contributed by atoms with E-state index < -0.39 is 72.7 Å².